The molecular formula is C15H23N3O. The molecular weight excluding hydrogens is 238 g/mol. The van der Waals surface area contributed by atoms with Crippen LogP contribution in [0.15, 0.2) is 30.3 Å². The van der Waals surface area contributed by atoms with Crippen LogP contribution in [0.4, 0.5) is 5.69 Å². The maximum absolute atomic E-state index is 11.7. The molecule has 0 aromatic heterocycles. The molecule has 1 unspecified atom stereocenters. The highest BCUT2D eigenvalue weighted by Gasteiger charge is 2.16. The van der Waals surface area contributed by atoms with Gasteiger partial charge in [0.1, 0.15) is 0 Å². The number of nitrogens with one attached hydrogen (secondary N) is 3. The molecule has 1 amide bonds. The summed E-state index contributed by atoms with van der Waals surface area (Å²) >= 11 is 0. The molecule has 1 aromatic rings. The first-order valence-corrected chi connectivity index (χ1v) is 7.13. The molecule has 19 heavy (non-hydrogen) atoms. The van der Waals surface area contributed by atoms with Gasteiger partial charge in [0.15, 0.2) is 0 Å². The van der Waals surface area contributed by atoms with Gasteiger partial charge in [0.2, 0.25) is 5.91 Å². The average molecular weight is 261 g/mol. The van der Waals surface area contributed by atoms with E-state index in [4.69, 9.17) is 0 Å². The lowest BCUT2D eigenvalue weighted by atomic mass is 10.1. The Bertz CT molecular complexity index is 374. The highest BCUT2D eigenvalue weighted by atomic mass is 16.1. The average Bonchev–Trinajstić information content (AvgIpc) is 2.92. The second-order valence-corrected chi connectivity index (χ2v) is 4.99. The molecule has 1 aromatic carbocycles. The third-order valence-electron chi connectivity index (χ3n) is 3.37. The Hall–Kier alpha value is -1.55. The van der Waals surface area contributed by atoms with Crippen molar-refractivity contribution in [3.8, 4) is 0 Å². The van der Waals surface area contributed by atoms with Crippen LogP contribution in [0.1, 0.15) is 25.7 Å². The van der Waals surface area contributed by atoms with E-state index >= 15 is 0 Å². The van der Waals surface area contributed by atoms with Crippen molar-refractivity contribution in [1.29, 1.82) is 0 Å². The Balaban J connectivity index is 1.50. The van der Waals surface area contributed by atoms with Gasteiger partial charge in [-0.3, -0.25) is 4.79 Å². The monoisotopic (exact) mass is 261 g/mol. The van der Waals surface area contributed by atoms with E-state index in [9.17, 15) is 4.79 Å². The first-order chi connectivity index (χ1) is 9.34. The van der Waals surface area contributed by atoms with Gasteiger partial charge in [-0.15, -0.1) is 0 Å². The van der Waals surface area contributed by atoms with Crippen molar-refractivity contribution in [2.24, 2.45) is 0 Å². The van der Waals surface area contributed by atoms with E-state index < -0.39 is 0 Å². The summed E-state index contributed by atoms with van der Waals surface area (Å²) < 4.78 is 0. The third kappa shape index (κ3) is 5.30. The molecule has 3 N–H and O–H groups in total. The summed E-state index contributed by atoms with van der Waals surface area (Å²) in [5.74, 6) is 0.166. The summed E-state index contributed by atoms with van der Waals surface area (Å²) in [7, 11) is 0. The summed E-state index contributed by atoms with van der Waals surface area (Å²) in [6.07, 6.45) is 3.88. The molecule has 104 valence electrons. The predicted octanol–water partition coefficient (Wildman–Crippen LogP) is 1.75. The number of amides is 1. The first kappa shape index (κ1) is 13.9. The minimum atomic E-state index is 0.166. The molecule has 0 spiro atoms. The fourth-order valence-electron chi connectivity index (χ4n) is 2.33. The lowest BCUT2D eigenvalue weighted by molar-refractivity contribution is -0.121. The van der Waals surface area contributed by atoms with Crippen molar-refractivity contribution in [3.05, 3.63) is 30.3 Å². The molecule has 0 bridgehead atoms. The molecule has 1 aliphatic heterocycles. The quantitative estimate of drug-likeness (QED) is 0.655. The number of carbonyl (C=O) groups is 1. The molecule has 4 heteroatoms. The molecule has 1 fully saturated rings. The van der Waals surface area contributed by atoms with E-state index in [2.05, 4.69) is 16.0 Å². The van der Waals surface area contributed by atoms with Crippen molar-refractivity contribution in [2.45, 2.75) is 31.7 Å². The second-order valence-electron chi connectivity index (χ2n) is 4.99. The molecule has 4 nitrogen and oxygen atoms in total. The zero-order valence-electron chi connectivity index (χ0n) is 11.3. The lowest BCUT2D eigenvalue weighted by Gasteiger charge is -2.11. The largest absolute Gasteiger partial charge is 0.385 e. The molecule has 0 radical (unpaired) electrons. The van der Waals surface area contributed by atoms with E-state index in [-0.39, 0.29) is 5.91 Å². The first-order valence-electron chi connectivity index (χ1n) is 7.13. The second kappa shape index (κ2) is 7.79. The molecule has 0 saturated carbocycles. The van der Waals surface area contributed by atoms with Crippen LogP contribution >= 0.6 is 0 Å². The maximum Gasteiger partial charge on any atom is 0.221 e. The zero-order chi connectivity index (χ0) is 13.3. The van der Waals surface area contributed by atoms with Crippen LogP contribution in [0.3, 0.4) is 0 Å². The van der Waals surface area contributed by atoms with Gasteiger partial charge in [0.05, 0.1) is 0 Å². The summed E-state index contributed by atoms with van der Waals surface area (Å²) in [6, 6.07) is 10.5. The smallest absolute Gasteiger partial charge is 0.221 e. The summed E-state index contributed by atoms with van der Waals surface area (Å²) in [6.45, 7) is 2.68. The molecule has 1 heterocycles. The van der Waals surface area contributed by atoms with Gasteiger partial charge in [-0.2, -0.15) is 0 Å². The number of benzene rings is 1. The van der Waals surface area contributed by atoms with Crippen molar-refractivity contribution in [3.63, 3.8) is 0 Å². The van der Waals surface area contributed by atoms with Crippen molar-refractivity contribution in [1.82, 2.24) is 10.6 Å². The molecule has 1 saturated heterocycles. The van der Waals surface area contributed by atoms with Crippen LogP contribution in [0.2, 0.25) is 0 Å². The maximum atomic E-state index is 11.7. The van der Waals surface area contributed by atoms with Crippen molar-refractivity contribution >= 4 is 11.6 Å². The van der Waals surface area contributed by atoms with E-state index in [1.54, 1.807) is 0 Å². The van der Waals surface area contributed by atoms with Gasteiger partial charge in [0.25, 0.3) is 0 Å². The summed E-state index contributed by atoms with van der Waals surface area (Å²) in [5.41, 5.74) is 1.13. The summed E-state index contributed by atoms with van der Waals surface area (Å²) in [4.78, 5) is 11.7. The van der Waals surface area contributed by atoms with Crippen molar-refractivity contribution in [2.75, 3.05) is 25.0 Å². The number of hydrogen-bond acceptors (Lipinski definition) is 3. The zero-order valence-corrected chi connectivity index (χ0v) is 11.3. The Morgan fingerprint density at radius 2 is 2.11 bits per heavy atom. The van der Waals surface area contributed by atoms with Gasteiger partial charge in [0, 0.05) is 31.2 Å². The molecule has 2 rings (SSSR count). The third-order valence-corrected chi connectivity index (χ3v) is 3.37. The van der Waals surface area contributed by atoms with E-state index in [1.165, 1.54) is 6.42 Å². The Kier molecular flexibility index (Phi) is 5.69. The number of carbonyl (C=O) groups excluding carboxylic acids is 1. The van der Waals surface area contributed by atoms with Crippen molar-refractivity contribution < 1.29 is 4.79 Å². The molecule has 0 aliphatic carbocycles. The number of hydrogen-bond donors (Lipinski definition) is 3. The SMILES string of the molecule is O=C(CC1CCCN1)NCCCNc1ccccc1. The fraction of sp³-hybridized carbons (Fsp3) is 0.533. The van der Waals surface area contributed by atoms with Gasteiger partial charge in [-0.05, 0) is 37.9 Å². The number of para-hydroxylation sites is 1. The molecule has 1 aliphatic rings. The van der Waals surface area contributed by atoms with Gasteiger partial charge >= 0.3 is 0 Å². The molecule has 1 atom stereocenters. The number of rotatable bonds is 7. The van der Waals surface area contributed by atoms with Crippen LogP contribution in [-0.2, 0) is 4.79 Å². The van der Waals surface area contributed by atoms with Gasteiger partial charge in [-0.1, -0.05) is 18.2 Å². The fourth-order valence-corrected chi connectivity index (χ4v) is 2.33. The van der Waals surface area contributed by atoms with E-state index in [0.717, 1.165) is 38.2 Å². The minimum absolute atomic E-state index is 0.166. The predicted molar refractivity (Wildman–Crippen MR) is 78.2 cm³/mol. The Morgan fingerprint density at radius 3 is 2.84 bits per heavy atom. The summed E-state index contributed by atoms with van der Waals surface area (Å²) in [5, 5.41) is 9.64. The topological polar surface area (TPSA) is 53.2 Å². The Labute approximate surface area is 115 Å². The minimum Gasteiger partial charge on any atom is -0.385 e. The highest BCUT2D eigenvalue weighted by molar-refractivity contribution is 5.76. The Morgan fingerprint density at radius 1 is 1.26 bits per heavy atom. The highest BCUT2D eigenvalue weighted by Crippen LogP contribution is 2.08. The van der Waals surface area contributed by atoms with Crippen LogP contribution in [0.25, 0.3) is 0 Å². The van der Waals surface area contributed by atoms with E-state index in [0.29, 0.717) is 12.5 Å². The van der Waals surface area contributed by atoms with Crippen LogP contribution in [0, 0.1) is 0 Å². The standard InChI is InChI=1S/C15H23N3O/c19-15(12-14-8-4-9-17-14)18-11-5-10-16-13-6-2-1-3-7-13/h1-3,6-7,14,16-17H,4-5,8-12H2,(H,18,19). The van der Waals surface area contributed by atoms with Crippen LogP contribution in [-0.4, -0.2) is 31.6 Å². The van der Waals surface area contributed by atoms with Gasteiger partial charge in [-0.25, -0.2) is 0 Å². The van der Waals surface area contributed by atoms with Crippen LogP contribution < -0.4 is 16.0 Å². The normalized spacial score (nSPS) is 18.2. The van der Waals surface area contributed by atoms with E-state index in [1.807, 2.05) is 30.3 Å². The van der Waals surface area contributed by atoms with Crippen LogP contribution in [0.5, 0.6) is 0 Å². The number of anilines is 1. The van der Waals surface area contributed by atoms with Gasteiger partial charge < -0.3 is 16.0 Å². The lowest BCUT2D eigenvalue weighted by Crippen LogP contribution is -2.32.